The first-order valence-electron chi connectivity index (χ1n) is 12.5. The molecule has 0 fully saturated rings. The molecule has 0 aliphatic heterocycles. The molecule has 204 valence electrons. The van der Waals surface area contributed by atoms with E-state index in [9.17, 15) is 23.7 Å². The lowest BCUT2D eigenvalue weighted by Crippen LogP contribution is -2.41. The first kappa shape index (κ1) is 27.4. The molecule has 4 aromatic carbocycles. The van der Waals surface area contributed by atoms with Crippen molar-refractivity contribution in [3.8, 4) is 0 Å². The van der Waals surface area contributed by atoms with Crippen molar-refractivity contribution in [3.05, 3.63) is 120 Å². The number of nitrogen functional groups attached to an aromatic ring is 1. The number of amidine groups is 1. The first-order valence-corrected chi connectivity index (χ1v) is 14.0. The quantitative estimate of drug-likeness (QED) is 0.0919. The van der Waals surface area contributed by atoms with Crippen LogP contribution in [0.15, 0.2) is 102 Å². The van der Waals surface area contributed by atoms with Gasteiger partial charge >= 0.3 is 0 Å². The number of aromatic nitrogens is 1. The molecule has 5 rings (SSSR count). The van der Waals surface area contributed by atoms with E-state index in [2.05, 4.69) is 9.71 Å². The molecule has 40 heavy (non-hydrogen) atoms. The van der Waals surface area contributed by atoms with Crippen molar-refractivity contribution in [2.45, 2.75) is 29.8 Å². The number of hydrogen-bond donors (Lipinski definition) is 6. The Hall–Kier alpha value is -4.19. The topological polar surface area (TPSA) is 170 Å². The van der Waals surface area contributed by atoms with Crippen molar-refractivity contribution in [2.24, 2.45) is 5.73 Å². The molecule has 0 bridgehead atoms. The van der Waals surface area contributed by atoms with Crippen LogP contribution >= 0.6 is 0 Å². The minimum absolute atomic E-state index is 0.0248. The lowest BCUT2D eigenvalue weighted by Gasteiger charge is -2.26. The lowest BCUT2D eigenvalue weighted by molar-refractivity contribution is -0.0461. The van der Waals surface area contributed by atoms with Gasteiger partial charge in [-0.2, -0.15) is 0 Å². The first-order chi connectivity index (χ1) is 19.1. The smallest absolute Gasteiger partial charge is 0.240 e. The van der Waals surface area contributed by atoms with Gasteiger partial charge < -0.3 is 21.1 Å². The third-order valence-corrected chi connectivity index (χ3v) is 8.23. The van der Waals surface area contributed by atoms with Crippen LogP contribution in [-0.2, 0) is 16.4 Å². The molecule has 7 N–H and O–H groups in total. The van der Waals surface area contributed by atoms with E-state index in [-0.39, 0.29) is 28.5 Å². The molecule has 0 aliphatic carbocycles. The van der Waals surface area contributed by atoms with E-state index in [0.717, 1.165) is 10.8 Å². The molecule has 0 amide bonds. The summed E-state index contributed by atoms with van der Waals surface area (Å²) in [7, 11) is -4.13. The van der Waals surface area contributed by atoms with Crippen molar-refractivity contribution < 1.29 is 23.7 Å². The second-order valence-electron chi connectivity index (χ2n) is 9.53. The molecule has 1 heterocycles. The van der Waals surface area contributed by atoms with Crippen molar-refractivity contribution in [2.75, 3.05) is 0 Å². The number of aliphatic hydroxyl groups excluding tert-OH is 2. The maximum Gasteiger partial charge on any atom is 0.240 e. The summed E-state index contributed by atoms with van der Waals surface area (Å²) in [6, 6.07) is 26.3. The van der Waals surface area contributed by atoms with E-state index in [4.69, 9.17) is 11.1 Å². The van der Waals surface area contributed by atoms with E-state index < -0.39 is 28.5 Å². The van der Waals surface area contributed by atoms with E-state index >= 15 is 0 Å². The van der Waals surface area contributed by atoms with Gasteiger partial charge in [0.05, 0.1) is 22.3 Å². The molecule has 0 radical (unpaired) electrons. The zero-order valence-electron chi connectivity index (χ0n) is 21.3. The number of sulfonamides is 1. The number of nitrogens with one attached hydrogen (secondary N) is 2. The van der Waals surface area contributed by atoms with E-state index in [1.807, 2.05) is 24.3 Å². The molecule has 9 nitrogen and oxygen atoms in total. The fraction of sp³-hybridized carbons (Fsp3) is 0.133. The number of benzene rings is 4. The van der Waals surface area contributed by atoms with Gasteiger partial charge in [-0.05, 0) is 52.4 Å². The number of fused-ring (bicyclic) bond motifs is 2. The van der Waals surface area contributed by atoms with Gasteiger partial charge in [-0.25, -0.2) is 18.1 Å². The molecule has 10 heteroatoms. The van der Waals surface area contributed by atoms with Crippen LogP contribution in [0.4, 0.5) is 0 Å². The standard InChI is InChI=1S/C30H28N4O5S/c31-29(32)22-10-5-6-18(14-22)15-25(34-40(38,39)23-13-12-19-7-1-2-8-20(19)16-23)28(35)27-24-11-4-3-9-21(24)17-26(33-27)30(36)37/h1-14,16-17,25,28,30,34-37H,15H2,(H3,31,32)/t25-,28?/m0/s1. The highest BCUT2D eigenvalue weighted by atomic mass is 32.2. The largest absolute Gasteiger partial charge is 0.385 e. The van der Waals surface area contributed by atoms with Crippen molar-refractivity contribution in [3.63, 3.8) is 0 Å². The van der Waals surface area contributed by atoms with Crippen LogP contribution in [0, 0.1) is 5.41 Å². The minimum Gasteiger partial charge on any atom is -0.385 e. The normalized spacial score (nSPS) is 13.5. The van der Waals surface area contributed by atoms with Crippen molar-refractivity contribution in [1.29, 1.82) is 5.41 Å². The van der Waals surface area contributed by atoms with Crippen molar-refractivity contribution in [1.82, 2.24) is 9.71 Å². The molecule has 0 aliphatic rings. The molecular formula is C30H28N4O5S. The predicted octanol–water partition coefficient (Wildman–Crippen LogP) is 3.28. The van der Waals surface area contributed by atoms with Crippen LogP contribution in [0.1, 0.15) is 34.9 Å². The summed E-state index contributed by atoms with van der Waals surface area (Å²) in [4.78, 5) is 4.34. The average molecular weight is 557 g/mol. The molecule has 0 spiro atoms. The van der Waals surface area contributed by atoms with Gasteiger partial charge in [0.2, 0.25) is 10.0 Å². The fourth-order valence-electron chi connectivity index (χ4n) is 4.73. The van der Waals surface area contributed by atoms with E-state index in [1.165, 1.54) is 12.1 Å². The van der Waals surface area contributed by atoms with Gasteiger partial charge in [-0.1, -0.05) is 72.8 Å². The second kappa shape index (κ2) is 11.1. The fourth-order valence-corrected chi connectivity index (χ4v) is 6.01. The van der Waals surface area contributed by atoms with Crippen LogP contribution in [0.2, 0.25) is 0 Å². The third kappa shape index (κ3) is 5.71. The average Bonchev–Trinajstić information content (AvgIpc) is 2.95. The Morgan fingerprint density at radius 3 is 2.27 bits per heavy atom. The highest BCUT2D eigenvalue weighted by molar-refractivity contribution is 7.89. The molecular weight excluding hydrogens is 528 g/mol. The summed E-state index contributed by atoms with van der Waals surface area (Å²) in [5.41, 5.74) is 6.75. The van der Waals surface area contributed by atoms with Crippen LogP contribution in [-0.4, -0.2) is 40.6 Å². The minimum atomic E-state index is -4.13. The van der Waals surface area contributed by atoms with Crippen molar-refractivity contribution >= 4 is 37.4 Å². The second-order valence-corrected chi connectivity index (χ2v) is 11.2. The van der Waals surface area contributed by atoms with Crippen LogP contribution in [0.3, 0.4) is 0 Å². The highest BCUT2D eigenvalue weighted by Crippen LogP contribution is 2.30. The van der Waals surface area contributed by atoms with Gasteiger partial charge in [-0.3, -0.25) is 5.41 Å². The third-order valence-electron chi connectivity index (χ3n) is 6.75. The van der Waals surface area contributed by atoms with Gasteiger partial charge in [0.25, 0.3) is 0 Å². The number of nitrogens with two attached hydrogens (primary N) is 1. The molecule has 5 aromatic rings. The number of pyridine rings is 1. The van der Waals surface area contributed by atoms with Gasteiger partial charge in [0.1, 0.15) is 11.9 Å². The molecule has 1 aromatic heterocycles. The number of hydrogen-bond acceptors (Lipinski definition) is 7. The number of rotatable bonds is 9. The summed E-state index contributed by atoms with van der Waals surface area (Å²) in [6.45, 7) is 0. The predicted molar refractivity (Wildman–Crippen MR) is 153 cm³/mol. The lowest BCUT2D eigenvalue weighted by atomic mass is 9.95. The summed E-state index contributed by atoms with van der Waals surface area (Å²) < 4.78 is 30.0. The Labute approximate surface area is 231 Å². The zero-order valence-corrected chi connectivity index (χ0v) is 22.1. The Morgan fingerprint density at radius 2 is 1.55 bits per heavy atom. The number of aliphatic hydroxyl groups is 3. The Kier molecular flexibility index (Phi) is 7.61. The van der Waals surface area contributed by atoms with Crippen LogP contribution in [0.25, 0.3) is 21.5 Å². The SMILES string of the molecule is N=C(N)c1cccc(C[C@H](NS(=O)(=O)c2ccc3ccccc3c2)C(O)c2nc(C(O)O)cc3ccccc23)c1. The molecule has 0 saturated heterocycles. The van der Waals surface area contributed by atoms with Gasteiger partial charge in [0, 0.05) is 10.9 Å². The molecule has 2 atom stereocenters. The maximum atomic E-state index is 13.6. The Morgan fingerprint density at radius 1 is 0.850 bits per heavy atom. The van der Waals surface area contributed by atoms with E-state index in [0.29, 0.717) is 21.9 Å². The Bertz CT molecular complexity index is 1820. The Balaban J connectivity index is 1.59. The highest BCUT2D eigenvalue weighted by Gasteiger charge is 2.30. The van der Waals surface area contributed by atoms with Gasteiger partial charge in [0.15, 0.2) is 6.29 Å². The summed E-state index contributed by atoms with van der Waals surface area (Å²) in [6.07, 6.45) is -3.35. The van der Waals surface area contributed by atoms with Crippen LogP contribution < -0.4 is 10.5 Å². The molecule has 1 unspecified atom stereocenters. The summed E-state index contributed by atoms with van der Waals surface area (Å²) in [5.74, 6) is -0.145. The maximum absolute atomic E-state index is 13.6. The van der Waals surface area contributed by atoms with E-state index in [1.54, 1.807) is 60.7 Å². The summed E-state index contributed by atoms with van der Waals surface area (Å²) >= 11 is 0. The number of nitrogens with zero attached hydrogens (tertiary/aromatic N) is 1. The van der Waals surface area contributed by atoms with Gasteiger partial charge in [-0.15, -0.1) is 0 Å². The molecule has 0 saturated carbocycles. The van der Waals surface area contributed by atoms with Crippen LogP contribution in [0.5, 0.6) is 0 Å². The zero-order chi connectivity index (χ0) is 28.4. The monoisotopic (exact) mass is 556 g/mol. The summed E-state index contributed by atoms with van der Waals surface area (Å²) in [5, 5.41) is 41.9.